The lowest BCUT2D eigenvalue weighted by molar-refractivity contribution is -0.385. The van der Waals surface area contributed by atoms with Crippen molar-refractivity contribution in [3.05, 3.63) is 33.4 Å². The third-order valence-electron chi connectivity index (χ3n) is 1.75. The fraction of sp³-hybridized carbons (Fsp3) is 0.222. The van der Waals surface area contributed by atoms with Crippen molar-refractivity contribution >= 4 is 5.69 Å². The Kier molecular flexibility index (Phi) is 2.67. The number of rotatable bonds is 2. The van der Waals surface area contributed by atoms with Crippen LogP contribution in [0.2, 0.25) is 0 Å². The summed E-state index contributed by atoms with van der Waals surface area (Å²) in [5.41, 5.74) is 0.431. The second-order valence-corrected chi connectivity index (χ2v) is 2.73. The Morgan fingerprint density at radius 2 is 2.21 bits per heavy atom. The molecular formula is C9H8N2O3. The average Bonchev–Trinajstić information content (AvgIpc) is 2.16. The summed E-state index contributed by atoms with van der Waals surface area (Å²) in [4.78, 5) is 10.0. The Morgan fingerprint density at radius 3 is 2.64 bits per heavy atom. The van der Waals surface area contributed by atoms with E-state index in [1.807, 2.05) is 0 Å². The lowest BCUT2D eigenvalue weighted by Gasteiger charge is -2.03. The van der Waals surface area contributed by atoms with E-state index in [1.165, 1.54) is 13.2 Å². The molecule has 0 saturated heterocycles. The smallest absolute Gasteiger partial charge is 0.291 e. The first kappa shape index (κ1) is 9.99. The van der Waals surface area contributed by atoms with Crippen LogP contribution in [0.1, 0.15) is 11.1 Å². The highest BCUT2D eigenvalue weighted by atomic mass is 16.6. The van der Waals surface area contributed by atoms with Gasteiger partial charge in [0.15, 0.2) is 5.56 Å². The van der Waals surface area contributed by atoms with Gasteiger partial charge in [-0.15, -0.1) is 0 Å². The molecule has 0 radical (unpaired) electrons. The molecule has 0 fully saturated rings. The largest absolute Gasteiger partial charge is 0.495 e. The van der Waals surface area contributed by atoms with E-state index in [-0.39, 0.29) is 17.0 Å². The molecule has 0 unspecified atom stereocenters. The first-order valence-corrected chi connectivity index (χ1v) is 3.83. The van der Waals surface area contributed by atoms with Gasteiger partial charge in [0, 0.05) is 6.07 Å². The molecule has 0 aliphatic rings. The van der Waals surface area contributed by atoms with Crippen LogP contribution in [-0.2, 0) is 0 Å². The monoisotopic (exact) mass is 192 g/mol. The Bertz CT molecular complexity index is 421. The van der Waals surface area contributed by atoms with E-state index in [2.05, 4.69) is 0 Å². The summed E-state index contributed by atoms with van der Waals surface area (Å²) in [7, 11) is 1.37. The topological polar surface area (TPSA) is 76.2 Å². The Morgan fingerprint density at radius 1 is 1.57 bits per heavy atom. The van der Waals surface area contributed by atoms with Gasteiger partial charge in [0.2, 0.25) is 0 Å². The molecule has 1 aromatic carbocycles. The SMILES string of the molecule is COc1cc(C)cc([N+](=O)[O-])c1C#N. The van der Waals surface area contributed by atoms with Crippen molar-refractivity contribution < 1.29 is 9.66 Å². The molecule has 0 spiro atoms. The summed E-state index contributed by atoms with van der Waals surface area (Å²) < 4.78 is 4.88. The zero-order valence-corrected chi connectivity index (χ0v) is 7.77. The number of nitrogens with zero attached hydrogens (tertiary/aromatic N) is 2. The van der Waals surface area contributed by atoms with Crippen LogP contribution < -0.4 is 4.74 Å². The van der Waals surface area contributed by atoms with Gasteiger partial charge >= 0.3 is 0 Å². The van der Waals surface area contributed by atoms with Gasteiger partial charge in [0.05, 0.1) is 12.0 Å². The molecule has 5 heteroatoms. The van der Waals surface area contributed by atoms with Crippen molar-refractivity contribution in [1.82, 2.24) is 0 Å². The molecular weight excluding hydrogens is 184 g/mol. The van der Waals surface area contributed by atoms with Crippen molar-refractivity contribution in [3.8, 4) is 11.8 Å². The molecule has 0 heterocycles. The number of nitriles is 1. The van der Waals surface area contributed by atoms with Crippen molar-refractivity contribution in [2.75, 3.05) is 7.11 Å². The minimum absolute atomic E-state index is 0.0388. The highest BCUT2D eigenvalue weighted by Gasteiger charge is 2.18. The van der Waals surface area contributed by atoms with Crippen LogP contribution in [-0.4, -0.2) is 12.0 Å². The number of ether oxygens (including phenoxy) is 1. The van der Waals surface area contributed by atoms with Crippen molar-refractivity contribution in [1.29, 1.82) is 5.26 Å². The van der Waals surface area contributed by atoms with Gasteiger partial charge in [-0.1, -0.05) is 0 Å². The number of methoxy groups -OCH3 is 1. The summed E-state index contributed by atoms with van der Waals surface area (Å²) in [6.07, 6.45) is 0. The molecule has 0 aliphatic carbocycles. The summed E-state index contributed by atoms with van der Waals surface area (Å²) in [5.74, 6) is 0.235. The van der Waals surface area contributed by atoms with E-state index >= 15 is 0 Å². The minimum Gasteiger partial charge on any atom is -0.495 e. The number of hydrogen-bond donors (Lipinski definition) is 0. The number of nitro groups is 1. The van der Waals surface area contributed by atoms with E-state index < -0.39 is 4.92 Å². The summed E-state index contributed by atoms with van der Waals surface area (Å²) in [6, 6.07) is 4.69. The minimum atomic E-state index is -0.589. The second-order valence-electron chi connectivity index (χ2n) is 2.73. The van der Waals surface area contributed by atoms with Crippen molar-refractivity contribution in [3.63, 3.8) is 0 Å². The molecule has 0 saturated carbocycles. The quantitative estimate of drug-likeness (QED) is 0.528. The summed E-state index contributed by atoms with van der Waals surface area (Å²) in [6.45, 7) is 1.71. The van der Waals surface area contributed by atoms with Crippen LogP contribution in [0.15, 0.2) is 12.1 Å². The molecule has 1 rings (SSSR count). The van der Waals surface area contributed by atoms with E-state index in [1.54, 1.807) is 19.1 Å². The van der Waals surface area contributed by atoms with Crippen molar-refractivity contribution in [2.24, 2.45) is 0 Å². The standard InChI is InChI=1S/C9H8N2O3/c1-6-3-8(11(12)13)7(5-10)9(4-6)14-2/h3-4H,1-2H3. The molecule has 0 bridgehead atoms. The molecule has 5 nitrogen and oxygen atoms in total. The van der Waals surface area contributed by atoms with Gasteiger partial charge in [0.1, 0.15) is 11.8 Å². The lowest BCUT2D eigenvalue weighted by Crippen LogP contribution is -1.96. The molecule has 0 aliphatic heterocycles. The molecule has 1 aromatic rings. The fourth-order valence-electron chi connectivity index (χ4n) is 1.15. The molecule has 0 atom stereocenters. The number of nitro benzene ring substituents is 1. The van der Waals surface area contributed by atoms with Gasteiger partial charge in [0.25, 0.3) is 5.69 Å². The predicted octanol–water partition coefficient (Wildman–Crippen LogP) is 1.78. The van der Waals surface area contributed by atoms with Crippen LogP contribution >= 0.6 is 0 Å². The van der Waals surface area contributed by atoms with Gasteiger partial charge in [-0.05, 0) is 18.6 Å². The maximum Gasteiger partial charge on any atom is 0.291 e. The predicted molar refractivity (Wildman–Crippen MR) is 49.1 cm³/mol. The zero-order chi connectivity index (χ0) is 10.7. The van der Waals surface area contributed by atoms with Crippen LogP contribution in [0.3, 0.4) is 0 Å². The van der Waals surface area contributed by atoms with E-state index in [0.29, 0.717) is 5.56 Å². The van der Waals surface area contributed by atoms with Crippen LogP contribution in [0.4, 0.5) is 5.69 Å². The fourth-order valence-corrected chi connectivity index (χ4v) is 1.15. The normalized spacial score (nSPS) is 9.21. The Labute approximate surface area is 80.7 Å². The summed E-state index contributed by atoms with van der Waals surface area (Å²) in [5, 5.41) is 19.3. The third kappa shape index (κ3) is 1.64. The van der Waals surface area contributed by atoms with Gasteiger partial charge in [-0.25, -0.2) is 0 Å². The maximum atomic E-state index is 10.6. The van der Waals surface area contributed by atoms with Gasteiger partial charge < -0.3 is 4.74 Å². The average molecular weight is 192 g/mol. The second kappa shape index (κ2) is 3.75. The lowest BCUT2D eigenvalue weighted by atomic mass is 10.1. The number of hydrogen-bond acceptors (Lipinski definition) is 4. The Hall–Kier alpha value is -2.09. The molecule has 0 N–H and O–H groups in total. The number of aryl methyl sites for hydroxylation is 1. The Balaban J connectivity index is 3.49. The van der Waals surface area contributed by atoms with Crippen molar-refractivity contribution in [2.45, 2.75) is 6.92 Å². The van der Waals surface area contributed by atoms with Crippen LogP contribution in [0, 0.1) is 28.4 Å². The van der Waals surface area contributed by atoms with E-state index in [0.717, 1.165) is 0 Å². The first-order valence-electron chi connectivity index (χ1n) is 3.83. The summed E-state index contributed by atoms with van der Waals surface area (Å²) >= 11 is 0. The van der Waals surface area contributed by atoms with Gasteiger partial charge in [-0.3, -0.25) is 10.1 Å². The van der Waals surface area contributed by atoms with E-state index in [4.69, 9.17) is 10.00 Å². The van der Waals surface area contributed by atoms with E-state index in [9.17, 15) is 10.1 Å². The number of benzene rings is 1. The van der Waals surface area contributed by atoms with Crippen LogP contribution in [0.25, 0.3) is 0 Å². The molecule has 0 amide bonds. The highest BCUT2D eigenvalue weighted by molar-refractivity contribution is 5.58. The van der Waals surface area contributed by atoms with Crippen LogP contribution in [0.5, 0.6) is 5.75 Å². The molecule has 72 valence electrons. The maximum absolute atomic E-state index is 10.6. The highest BCUT2D eigenvalue weighted by Crippen LogP contribution is 2.28. The zero-order valence-electron chi connectivity index (χ0n) is 7.77. The molecule has 0 aromatic heterocycles. The molecule has 14 heavy (non-hydrogen) atoms. The van der Waals surface area contributed by atoms with Gasteiger partial charge in [-0.2, -0.15) is 5.26 Å². The first-order chi connectivity index (χ1) is 6.60. The third-order valence-corrected chi connectivity index (χ3v) is 1.75.